The van der Waals surface area contributed by atoms with Gasteiger partial charge in [0.05, 0.1) is 6.61 Å². The number of carboxylic acid groups (broad SMARTS) is 1. The van der Waals surface area contributed by atoms with Gasteiger partial charge in [0.25, 0.3) is 0 Å². The molecular formula is C38H48ClN3O4. The number of pyridine rings is 1. The molecule has 3 aliphatic carbocycles. The third-order valence-corrected chi connectivity index (χ3v) is 11.0. The van der Waals surface area contributed by atoms with E-state index in [0.717, 1.165) is 49.3 Å². The van der Waals surface area contributed by atoms with Crippen LogP contribution >= 0.6 is 11.6 Å². The van der Waals surface area contributed by atoms with Gasteiger partial charge in [-0.15, -0.1) is 0 Å². The predicted molar refractivity (Wildman–Crippen MR) is 183 cm³/mol. The Balaban J connectivity index is 1.24. The Morgan fingerprint density at radius 3 is 2.65 bits per heavy atom. The summed E-state index contributed by atoms with van der Waals surface area (Å²) in [5.41, 5.74) is 10.7. The number of anilines is 1. The van der Waals surface area contributed by atoms with Crippen molar-refractivity contribution in [3.05, 3.63) is 82.1 Å². The molecule has 1 unspecified atom stereocenters. The fourth-order valence-electron chi connectivity index (χ4n) is 8.39. The van der Waals surface area contributed by atoms with Crippen LogP contribution in [0.5, 0.6) is 11.5 Å². The number of nitrogens with zero attached hydrogens (tertiary/aromatic N) is 1. The molecule has 1 aromatic heterocycles. The van der Waals surface area contributed by atoms with Gasteiger partial charge in [-0.25, -0.2) is 4.79 Å². The number of nitrogens with two attached hydrogens (primary N) is 1. The van der Waals surface area contributed by atoms with Crippen LogP contribution in [0.3, 0.4) is 0 Å². The van der Waals surface area contributed by atoms with Crippen molar-refractivity contribution in [1.82, 2.24) is 4.98 Å². The molecule has 3 aromatic rings. The van der Waals surface area contributed by atoms with E-state index in [4.69, 9.17) is 26.8 Å². The Hall–Kier alpha value is -3.29. The Morgan fingerprint density at radius 2 is 1.91 bits per heavy atom. The van der Waals surface area contributed by atoms with Crippen molar-refractivity contribution >= 4 is 23.3 Å². The SMILES string of the molecule is C[C@@H](COc1ccnc2c1[C@H](C)CCC2)CC1Cc2ccc(OC[C@@H](C)N)cc2C12CCC(Nc1cccc(Cl)c1)(C(=O)O)CC2. The Kier molecular flexibility index (Phi) is 9.54. The first-order chi connectivity index (χ1) is 22.1. The summed E-state index contributed by atoms with van der Waals surface area (Å²) in [6.45, 7) is 7.60. The van der Waals surface area contributed by atoms with Gasteiger partial charge in [-0.1, -0.05) is 37.6 Å². The summed E-state index contributed by atoms with van der Waals surface area (Å²) < 4.78 is 12.6. The number of aliphatic carboxylic acids is 1. The van der Waals surface area contributed by atoms with E-state index in [0.29, 0.717) is 48.8 Å². The molecule has 4 N–H and O–H groups in total. The maximum atomic E-state index is 12.9. The third kappa shape index (κ3) is 6.59. The number of fused-ring (bicyclic) bond motifs is 3. The number of carbonyl (C=O) groups is 1. The average molecular weight is 646 g/mol. The molecule has 1 fully saturated rings. The summed E-state index contributed by atoms with van der Waals surface area (Å²) in [5, 5.41) is 14.5. The molecule has 0 amide bonds. The lowest BCUT2D eigenvalue weighted by atomic mass is 9.59. The van der Waals surface area contributed by atoms with Gasteiger partial charge in [-0.2, -0.15) is 0 Å². The Bertz CT molecular complexity index is 1550. The monoisotopic (exact) mass is 645 g/mol. The molecule has 246 valence electrons. The predicted octanol–water partition coefficient (Wildman–Crippen LogP) is 7.93. The third-order valence-electron chi connectivity index (χ3n) is 10.8. The molecule has 0 bridgehead atoms. The number of hydrogen-bond acceptors (Lipinski definition) is 6. The molecule has 0 saturated heterocycles. The summed E-state index contributed by atoms with van der Waals surface area (Å²) in [6, 6.07) is 15.8. The van der Waals surface area contributed by atoms with Crippen LogP contribution in [0, 0.1) is 11.8 Å². The fraction of sp³-hybridized carbons (Fsp3) is 0.526. The molecule has 7 nitrogen and oxygen atoms in total. The number of nitrogens with one attached hydrogen (secondary N) is 1. The zero-order valence-corrected chi connectivity index (χ0v) is 28.1. The van der Waals surface area contributed by atoms with Crippen LogP contribution in [0.2, 0.25) is 5.02 Å². The van der Waals surface area contributed by atoms with E-state index in [1.807, 2.05) is 31.3 Å². The lowest BCUT2D eigenvalue weighted by Crippen LogP contribution is -2.53. The lowest BCUT2D eigenvalue weighted by molar-refractivity contribution is -0.144. The number of benzene rings is 2. The number of ether oxygens (including phenoxy) is 2. The Labute approximate surface area is 278 Å². The minimum absolute atomic E-state index is 0.0618. The van der Waals surface area contributed by atoms with Crippen molar-refractivity contribution in [3.63, 3.8) is 0 Å². The highest BCUT2D eigenvalue weighted by Crippen LogP contribution is 2.56. The zero-order chi connectivity index (χ0) is 32.5. The molecule has 0 radical (unpaired) electrons. The van der Waals surface area contributed by atoms with Gasteiger partial charge in [0.2, 0.25) is 0 Å². The van der Waals surface area contributed by atoms with E-state index in [2.05, 4.69) is 42.3 Å². The van der Waals surface area contributed by atoms with Crippen molar-refractivity contribution in [2.24, 2.45) is 17.6 Å². The van der Waals surface area contributed by atoms with Gasteiger partial charge in [0.15, 0.2) is 0 Å². The standard InChI is InChI=1S/C38H48ClN3O4/c1-24(22-46-34-12-17-41-33-9-4-6-25(2)35(33)34)18-28-19-27-10-11-31(45-23-26(3)40)21-32(27)37(28)13-15-38(16-14-37,36(43)44)42-30-8-5-7-29(39)20-30/h5,7-8,10-12,17,20-21,24-26,28,42H,4,6,9,13-16,18-19,22-23,40H2,1-3H3,(H,43,44)/t24-,25-,26-,28?,37?,38?/m1/s1. The quantitative estimate of drug-likeness (QED) is 0.194. The van der Waals surface area contributed by atoms with E-state index in [1.54, 1.807) is 12.1 Å². The molecule has 3 aliphatic rings. The van der Waals surface area contributed by atoms with Crippen LogP contribution in [0.1, 0.15) is 94.0 Å². The Morgan fingerprint density at radius 1 is 1.11 bits per heavy atom. The van der Waals surface area contributed by atoms with Gasteiger partial charge in [0, 0.05) is 34.2 Å². The summed E-state index contributed by atoms with van der Waals surface area (Å²) in [5.74, 6) is 2.15. The first-order valence-corrected chi connectivity index (χ1v) is 17.4. The summed E-state index contributed by atoms with van der Waals surface area (Å²) in [4.78, 5) is 17.5. The van der Waals surface area contributed by atoms with Crippen LogP contribution in [-0.2, 0) is 23.1 Å². The van der Waals surface area contributed by atoms with Gasteiger partial charge in [0.1, 0.15) is 23.6 Å². The van der Waals surface area contributed by atoms with Crippen molar-refractivity contribution in [2.75, 3.05) is 18.5 Å². The van der Waals surface area contributed by atoms with Gasteiger partial charge in [-0.3, -0.25) is 4.98 Å². The zero-order valence-electron chi connectivity index (χ0n) is 27.4. The molecule has 1 spiro atoms. The number of halogens is 1. The van der Waals surface area contributed by atoms with Crippen molar-refractivity contribution in [1.29, 1.82) is 0 Å². The molecule has 4 atom stereocenters. The van der Waals surface area contributed by atoms with Crippen LogP contribution in [0.15, 0.2) is 54.7 Å². The van der Waals surface area contributed by atoms with Crippen LogP contribution < -0.4 is 20.5 Å². The molecular weight excluding hydrogens is 598 g/mol. The highest BCUT2D eigenvalue weighted by atomic mass is 35.5. The second kappa shape index (κ2) is 13.4. The maximum Gasteiger partial charge on any atom is 0.329 e. The van der Waals surface area contributed by atoms with E-state index in [1.165, 1.54) is 35.2 Å². The second-order valence-electron chi connectivity index (χ2n) is 14.3. The number of aromatic nitrogens is 1. The van der Waals surface area contributed by atoms with Crippen molar-refractivity contribution in [2.45, 2.75) is 101 Å². The van der Waals surface area contributed by atoms with Crippen LogP contribution in [0.4, 0.5) is 5.69 Å². The van der Waals surface area contributed by atoms with Gasteiger partial charge in [-0.05, 0) is 135 Å². The average Bonchev–Trinajstić information content (AvgIpc) is 3.31. The maximum absolute atomic E-state index is 12.9. The van der Waals surface area contributed by atoms with Crippen LogP contribution in [0.25, 0.3) is 0 Å². The first kappa shape index (κ1) is 32.6. The van der Waals surface area contributed by atoms with E-state index in [9.17, 15) is 9.90 Å². The first-order valence-electron chi connectivity index (χ1n) is 17.0. The fourth-order valence-corrected chi connectivity index (χ4v) is 8.58. The number of carboxylic acids is 1. The molecule has 8 heteroatoms. The topological polar surface area (TPSA) is 107 Å². The minimum Gasteiger partial charge on any atom is -0.493 e. The number of rotatable bonds is 11. The second-order valence-corrected chi connectivity index (χ2v) is 14.7. The molecule has 46 heavy (non-hydrogen) atoms. The van der Waals surface area contributed by atoms with Gasteiger partial charge < -0.3 is 25.6 Å². The molecule has 2 aromatic carbocycles. The summed E-state index contributed by atoms with van der Waals surface area (Å²) in [7, 11) is 0. The largest absolute Gasteiger partial charge is 0.493 e. The van der Waals surface area contributed by atoms with Crippen molar-refractivity contribution < 1.29 is 19.4 Å². The number of aryl methyl sites for hydroxylation is 1. The molecule has 1 heterocycles. The van der Waals surface area contributed by atoms with E-state index < -0.39 is 11.5 Å². The highest BCUT2D eigenvalue weighted by Gasteiger charge is 2.54. The molecule has 1 saturated carbocycles. The van der Waals surface area contributed by atoms with E-state index >= 15 is 0 Å². The van der Waals surface area contributed by atoms with E-state index in [-0.39, 0.29) is 11.5 Å². The normalized spacial score (nSPS) is 26.5. The van der Waals surface area contributed by atoms with Crippen molar-refractivity contribution in [3.8, 4) is 11.5 Å². The minimum atomic E-state index is -1.06. The van der Waals surface area contributed by atoms with Crippen LogP contribution in [-0.4, -0.2) is 40.9 Å². The highest BCUT2D eigenvalue weighted by molar-refractivity contribution is 6.30. The number of hydrogen-bond donors (Lipinski definition) is 3. The summed E-state index contributed by atoms with van der Waals surface area (Å²) >= 11 is 6.26. The smallest absolute Gasteiger partial charge is 0.329 e. The lowest BCUT2D eigenvalue weighted by Gasteiger charge is -2.47. The van der Waals surface area contributed by atoms with Gasteiger partial charge >= 0.3 is 5.97 Å². The summed E-state index contributed by atoms with van der Waals surface area (Å²) in [6.07, 6.45) is 9.80. The molecule has 0 aliphatic heterocycles. The molecule has 6 rings (SSSR count).